The van der Waals surface area contributed by atoms with Crippen molar-refractivity contribution in [3.05, 3.63) is 59.3 Å². The highest BCUT2D eigenvalue weighted by atomic mass is 19.1. The Morgan fingerprint density at radius 2 is 1.80 bits per heavy atom. The molecule has 4 heterocycles. The van der Waals surface area contributed by atoms with Gasteiger partial charge in [0.15, 0.2) is 0 Å². The maximum Gasteiger partial charge on any atom is 0.410 e. The molecule has 8 nitrogen and oxygen atoms in total. The predicted octanol–water partition coefficient (Wildman–Crippen LogP) is 5.77. The van der Waals surface area contributed by atoms with E-state index in [1.54, 1.807) is 12.3 Å². The Labute approximate surface area is 241 Å². The van der Waals surface area contributed by atoms with Gasteiger partial charge in [0.05, 0.1) is 30.1 Å². The summed E-state index contributed by atoms with van der Waals surface area (Å²) in [5.74, 6) is 0.0308. The van der Waals surface area contributed by atoms with E-state index in [1.165, 1.54) is 24.8 Å². The van der Waals surface area contributed by atoms with E-state index >= 15 is 0 Å². The number of methoxy groups -OCH3 is 1. The number of piperidine rings is 1. The van der Waals surface area contributed by atoms with Crippen LogP contribution in [-0.2, 0) is 15.9 Å². The van der Waals surface area contributed by atoms with Gasteiger partial charge in [-0.15, -0.1) is 0 Å². The van der Waals surface area contributed by atoms with Crippen LogP contribution in [0.4, 0.5) is 9.18 Å². The number of carbonyl (C=O) groups excluding carboxylic acids is 2. The molecule has 0 radical (unpaired) electrons. The number of nitrogens with zero attached hydrogens (tertiary/aromatic N) is 4. The van der Waals surface area contributed by atoms with Gasteiger partial charge >= 0.3 is 12.1 Å². The van der Waals surface area contributed by atoms with Crippen molar-refractivity contribution >= 4 is 23.0 Å². The lowest BCUT2D eigenvalue weighted by Crippen LogP contribution is -2.43. The van der Waals surface area contributed by atoms with E-state index in [-0.39, 0.29) is 11.7 Å². The zero-order valence-corrected chi connectivity index (χ0v) is 24.8. The van der Waals surface area contributed by atoms with Crippen LogP contribution in [0.2, 0.25) is 0 Å². The van der Waals surface area contributed by atoms with Crippen molar-refractivity contribution in [1.29, 1.82) is 0 Å². The van der Waals surface area contributed by atoms with Gasteiger partial charge in [-0.2, -0.15) is 0 Å². The molecule has 0 N–H and O–H groups in total. The van der Waals surface area contributed by atoms with Crippen molar-refractivity contribution in [3.8, 4) is 5.69 Å². The summed E-state index contributed by atoms with van der Waals surface area (Å²) in [5.41, 5.74) is 3.46. The minimum atomic E-state index is -0.577. The van der Waals surface area contributed by atoms with E-state index in [0.717, 1.165) is 74.9 Å². The number of likely N-dealkylation sites (tertiary alicyclic amines) is 2. The Morgan fingerprint density at radius 1 is 1.07 bits per heavy atom. The van der Waals surface area contributed by atoms with Crippen LogP contribution in [-0.4, -0.2) is 76.8 Å². The number of hydrogen-bond acceptors (Lipinski definition) is 6. The van der Waals surface area contributed by atoms with Crippen molar-refractivity contribution in [2.75, 3.05) is 39.8 Å². The molecule has 2 aromatic heterocycles. The van der Waals surface area contributed by atoms with Gasteiger partial charge in [-0.1, -0.05) is 0 Å². The molecule has 3 aromatic rings. The molecule has 1 atom stereocenters. The number of esters is 1. The monoisotopic (exact) mass is 564 g/mol. The SMILES string of the molecule is COC(=O)c1cc(F)ccc1-n1cc(C[C@@H]2CCN(CC3CCN(C(=O)OC(C)(C)C)CC3)C2)c2c(C)cncc21. The molecule has 1 aromatic carbocycles. The summed E-state index contributed by atoms with van der Waals surface area (Å²) in [4.78, 5) is 33.8. The first-order valence-corrected chi connectivity index (χ1v) is 14.6. The molecule has 2 fully saturated rings. The molecule has 41 heavy (non-hydrogen) atoms. The van der Waals surface area contributed by atoms with Crippen LogP contribution in [0.15, 0.2) is 36.8 Å². The second-order valence-electron chi connectivity index (χ2n) is 12.6. The van der Waals surface area contributed by atoms with E-state index < -0.39 is 17.4 Å². The van der Waals surface area contributed by atoms with Gasteiger partial charge in [-0.25, -0.2) is 14.0 Å². The van der Waals surface area contributed by atoms with E-state index in [0.29, 0.717) is 17.5 Å². The van der Waals surface area contributed by atoms with Crippen LogP contribution in [0.5, 0.6) is 0 Å². The number of ether oxygens (including phenoxy) is 2. The highest BCUT2D eigenvalue weighted by Gasteiger charge is 2.30. The summed E-state index contributed by atoms with van der Waals surface area (Å²) in [6.07, 6.45) is 9.58. The number of amides is 1. The third-order valence-electron chi connectivity index (χ3n) is 8.27. The van der Waals surface area contributed by atoms with Crippen molar-refractivity contribution in [1.82, 2.24) is 19.4 Å². The molecular formula is C32H41FN4O4. The van der Waals surface area contributed by atoms with Crippen molar-refractivity contribution in [3.63, 3.8) is 0 Å². The minimum absolute atomic E-state index is 0.183. The van der Waals surface area contributed by atoms with E-state index in [9.17, 15) is 14.0 Å². The zero-order valence-electron chi connectivity index (χ0n) is 24.8. The van der Waals surface area contributed by atoms with Crippen molar-refractivity contribution in [2.24, 2.45) is 11.8 Å². The van der Waals surface area contributed by atoms with Crippen LogP contribution in [0.1, 0.15) is 61.5 Å². The number of carbonyl (C=O) groups is 2. The molecule has 5 rings (SSSR count). The van der Waals surface area contributed by atoms with Gasteiger partial charge in [-0.3, -0.25) is 4.98 Å². The molecule has 2 aliphatic rings. The summed E-state index contributed by atoms with van der Waals surface area (Å²) in [6, 6.07) is 4.21. The predicted molar refractivity (Wildman–Crippen MR) is 156 cm³/mol. The number of fused-ring (bicyclic) bond motifs is 1. The molecule has 1 amide bonds. The van der Waals surface area contributed by atoms with Gasteiger partial charge < -0.3 is 23.8 Å². The van der Waals surface area contributed by atoms with Crippen molar-refractivity contribution in [2.45, 2.75) is 59.0 Å². The average molecular weight is 565 g/mol. The second-order valence-corrected chi connectivity index (χ2v) is 12.6. The molecule has 0 aliphatic carbocycles. The van der Waals surface area contributed by atoms with Crippen LogP contribution >= 0.6 is 0 Å². The maximum absolute atomic E-state index is 14.1. The zero-order chi connectivity index (χ0) is 29.3. The standard InChI is InChI=1S/C32H41FN4O4/c1-21-16-34-17-28-29(21)24(20-37(28)27-7-6-25(33)15-26(27)30(38)40-5)14-23-8-11-35(19-23)18-22-9-12-36(13-10-22)31(39)41-32(2,3)4/h6-7,15-17,20,22-23H,8-14,18-19H2,1-5H3/t23-/m0/s1. The fourth-order valence-electron chi connectivity index (χ4n) is 6.33. The molecule has 0 unspecified atom stereocenters. The fraction of sp³-hybridized carbons (Fsp3) is 0.531. The first-order valence-electron chi connectivity index (χ1n) is 14.6. The number of rotatable bonds is 6. The Bertz CT molecular complexity index is 1420. The van der Waals surface area contributed by atoms with Crippen LogP contribution in [0.25, 0.3) is 16.6 Å². The number of aryl methyl sites for hydroxylation is 1. The third kappa shape index (κ3) is 6.56. The highest BCUT2D eigenvalue weighted by Crippen LogP contribution is 2.33. The number of hydrogen-bond donors (Lipinski definition) is 0. The number of aromatic nitrogens is 2. The first-order chi connectivity index (χ1) is 19.5. The minimum Gasteiger partial charge on any atom is -0.465 e. The van der Waals surface area contributed by atoms with E-state index in [4.69, 9.17) is 9.47 Å². The van der Waals surface area contributed by atoms with Gasteiger partial charge in [0, 0.05) is 44.0 Å². The normalized spacial score (nSPS) is 18.7. The second kappa shape index (κ2) is 11.8. The summed E-state index contributed by atoms with van der Waals surface area (Å²) < 4.78 is 26.5. The molecule has 2 aliphatic heterocycles. The lowest BCUT2D eigenvalue weighted by Gasteiger charge is -2.34. The molecule has 0 saturated carbocycles. The average Bonchev–Trinajstić information content (AvgIpc) is 3.52. The molecular weight excluding hydrogens is 523 g/mol. The lowest BCUT2D eigenvalue weighted by molar-refractivity contribution is 0.0172. The van der Waals surface area contributed by atoms with E-state index in [2.05, 4.69) is 23.0 Å². The fourth-order valence-corrected chi connectivity index (χ4v) is 6.33. The largest absolute Gasteiger partial charge is 0.465 e. The Hall–Kier alpha value is -3.46. The summed E-state index contributed by atoms with van der Waals surface area (Å²) in [6.45, 7) is 12.4. The molecule has 0 bridgehead atoms. The van der Waals surface area contributed by atoms with Crippen molar-refractivity contribution < 1.29 is 23.5 Å². The Kier molecular flexibility index (Phi) is 8.36. The summed E-state index contributed by atoms with van der Waals surface area (Å²) in [7, 11) is 1.30. The topological polar surface area (TPSA) is 76.9 Å². The lowest BCUT2D eigenvalue weighted by atomic mass is 9.96. The first kappa shape index (κ1) is 29.0. The van der Waals surface area contributed by atoms with Gasteiger partial charge in [0.25, 0.3) is 0 Å². The van der Waals surface area contributed by atoms with Gasteiger partial charge in [0.2, 0.25) is 0 Å². The van der Waals surface area contributed by atoms with Crippen LogP contribution in [0.3, 0.4) is 0 Å². The van der Waals surface area contributed by atoms with Crippen LogP contribution in [0, 0.1) is 24.6 Å². The summed E-state index contributed by atoms with van der Waals surface area (Å²) >= 11 is 0. The number of pyridine rings is 1. The van der Waals surface area contributed by atoms with Gasteiger partial charge in [0.1, 0.15) is 11.4 Å². The van der Waals surface area contributed by atoms with Crippen LogP contribution < -0.4 is 0 Å². The Balaban J connectivity index is 1.26. The Morgan fingerprint density at radius 3 is 2.51 bits per heavy atom. The number of halogens is 1. The molecule has 2 saturated heterocycles. The van der Waals surface area contributed by atoms with E-state index in [1.807, 2.05) is 36.4 Å². The molecule has 220 valence electrons. The van der Waals surface area contributed by atoms with Gasteiger partial charge in [-0.05, 0) is 101 Å². The highest BCUT2D eigenvalue weighted by molar-refractivity contribution is 5.95. The maximum atomic E-state index is 14.1. The third-order valence-corrected chi connectivity index (χ3v) is 8.27. The summed E-state index contributed by atoms with van der Waals surface area (Å²) in [5, 5.41) is 1.13. The smallest absolute Gasteiger partial charge is 0.410 e. The number of benzene rings is 1. The molecule has 9 heteroatoms. The molecule has 0 spiro atoms. The quantitative estimate of drug-likeness (QED) is 0.354.